The third-order valence-corrected chi connectivity index (χ3v) is 6.04. The topological polar surface area (TPSA) is 76.0 Å². The van der Waals surface area contributed by atoms with Crippen molar-refractivity contribution in [2.24, 2.45) is 0 Å². The highest BCUT2D eigenvalue weighted by atomic mass is 35.5. The average Bonchev–Trinajstić information content (AvgIpc) is 3.44. The van der Waals surface area contributed by atoms with Gasteiger partial charge >= 0.3 is 0 Å². The predicted octanol–water partition coefficient (Wildman–Crippen LogP) is 2.53. The van der Waals surface area contributed by atoms with Crippen LogP contribution in [0.15, 0.2) is 36.7 Å². The SMILES string of the molecule is Clc1cn2c(-c3cccc(NC4CCNC4)n3)cnc2cc1OCCN1CCOCC1. The van der Waals surface area contributed by atoms with Crippen LogP contribution in [0.5, 0.6) is 5.75 Å². The molecule has 0 radical (unpaired) electrons. The number of fused-ring (bicyclic) bond motifs is 1. The number of hydrogen-bond donors (Lipinski definition) is 2. The Morgan fingerprint density at radius 3 is 3.03 bits per heavy atom. The lowest BCUT2D eigenvalue weighted by atomic mass is 10.2. The van der Waals surface area contributed by atoms with E-state index in [0.29, 0.717) is 23.4 Å². The maximum Gasteiger partial charge on any atom is 0.143 e. The zero-order chi connectivity index (χ0) is 21.0. The van der Waals surface area contributed by atoms with Crippen LogP contribution in [-0.2, 0) is 4.74 Å². The van der Waals surface area contributed by atoms with Crippen LogP contribution < -0.4 is 15.4 Å². The van der Waals surface area contributed by atoms with Gasteiger partial charge in [0.2, 0.25) is 0 Å². The fraction of sp³-hybridized carbons (Fsp3) is 0.455. The van der Waals surface area contributed by atoms with E-state index >= 15 is 0 Å². The van der Waals surface area contributed by atoms with E-state index in [0.717, 1.165) is 75.2 Å². The number of morpholine rings is 1. The van der Waals surface area contributed by atoms with Crippen molar-refractivity contribution in [3.05, 3.63) is 41.7 Å². The molecule has 0 saturated carbocycles. The molecule has 3 aromatic rings. The number of ether oxygens (including phenoxy) is 2. The molecule has 2 saturated heterocycles. The predicted molar refractivity (Wildman–Crippen MR) is 121 cm³/mol. The summed E-state index contributed by atoms with van der Waals surface area (Å²) >= 11 is 6.54. The Morgan fingerprint density at radius 2 is 2.19 bits per heavy atom. The first-order valence-corrected chi connectivity index (χ1v) is 11.2. The Hall–Kier alpha value is -2.39. The Balaban J connectivity index is 1.31. The molecule has 2 aliphatic rings. The van der Waals surface area contributed by atoms with Crippen molar-refractivity contribution in [2.45, 2.75) is 12.5 Å². The summed E-state index contributed by atoms with van der Waals surface area (Å²) < 4.78 is 13.3. The normalized spacial score (nSPS) is 19.7. The average molecular weight is 443 g/mol. The lowest BCUT2D eigenvalue weighted by Crippen LogP contribution is -2.38. The summed E-state index contributed by atoms with van der Waals surface area (Å²) in [5, 5.41) is 7.42. The van der Waals surface area contributed by atoms with Crippen molar-refractivity contribution in [1.29, 1.82) is 0 Å². The summed E-state index contributed by atoms with van der Waals surface area (Å²) in [6.45, 7) is 6.89. The van der Waals surface area contributed by atoms with Crippen molar-refractivity contribution in [2.75, 3.05) is 57.9 Å². The minimum absolute atomic E-state index is 0.413. The van der Waals surface area contributed by atoms with E-state index in [1.165, 1.54) is 0 Å². The lowest BCUT2D eigenvalue weighted by molar-refractivity contribution is 0.0322. The summed E-state index contributed by atoms with van der Waals surface area (Å²) in [7, 11) is 0. The van der Waals surface area contributed by atoms with E-state index in [1.807, 2.05) is 41.1 Å². The second-order valence-electron chi connectivity index (χ2n) is 7.90. The van der Waals surface area contributed by atoms with Crippen molar-refractivity contribution < 1.29 is 9.47 Å². The van der Waals surface area contributed by atoms with Crippen molar-refractivity contribution in [1.82, 2.24) is 24.6 Å². The van der Waals surface area contributed by atoms with Gasteiger partial charge in [-0.25, -0.2) is 9.97 Å². The summed E-state index contributed by atoms with van der Waals surface area (Å²) in [6.07, 6.45) is 4.78. The van der Waals surface area contributed by atoms with E-state index in [-0.39, 0.29) is 0 Å². The first-order valence-electron chi connectivity index (χ1n) is 10.8. The van der Waals surface area contributed by atoms with Gasteiger partial charge in [-0.05, 0) is 25.1 Å². The van der Waals surface area contributed by atoms with E-state index in [9.17, 15) is 0 Å². The third-order valence-electron chi connectivity index (χ3n) is 5.76. The standard InChI is InChI=1S/C22H27ClN6O2/c23-17-15-29-19(18-2-1-3-21(27-18)26-16-4-5-24-13-16)14-25-22(29)12-20(17)31-11-8-28-6-9-30-10-7-28/h1-3,12,14-16,24H,4-11,13H2,(H,26,27). The van der Waals surface area contributed by atoms with Crippen molar-refractivity contribution >= 4 is 23.1 Å². The van der Waals surface area contributed by atoms with E-state index in [1.54, 1.807) is 0 Å². The van der Waals surface area contributed by atoms with Crippen LogP contribution in [0.25, 0.3) is 17.0 Å². The molecule has 31 heavy (non-hydrogen) atoms. The second kappa shape index (κ2) is 9.40. The Labute approximate surface area is 186 Å². The molecule has 0 bridgehead atoms. The van der Waals surface area contributed by atoms with E-state index in [4.69, 9.17) is 26.1 Å². The largest absolute Gasteiger partial charge is 0.490 e. The number of nitrogens with zero attached hydrogens (tertiary/aromatic N) is 4. The van der Waals surface area contributed by atoms with Gasteiger partial charge in [-0.2, -0.15) is 0 Å². The summed E-state index contributed by atoms with van der Waals surface area (Å²) in [5.41, 5.74) is 2.52. The second-order valence-corrected chi connectivity index (χ2v) is 8.31. The van der Waals surface area contributed by atoms with Gasteiger partial charge in [0, 0.05) is 44.5 Å². The van der Waals surface area contributed by atoms with E-state index in [2.05, 4.69) is 20.5 Å². The number of hydrogen-bond acceptors (Lipinski definition) is 7. The first-order chi connectivity index (χ1) is 15.3. The molecule has 1 atom stereocenters. The number of halogens is 1. The molecule has 1 unspecified atom stereocenters. The molecule has 8 nitrogen and oxygen atoms in total. The minimum atomic E-state index is 0.413. The van der Waals surface area contributed by atoms with Crippen molar-refractivity contribution in [3.63, 3.8) is 0 Å². The Morgan fingerprint density at radius 1 is 1.29 bits per heavy atom. The molecule has 0 spiro atoms. The molecular formula is C22H27ClN6O2. The monoisotopic (exact) mass is 442 g/mol. The van der Waals surface area contributed by atoms with Gasteiger partial charge in [0.05, 0.1) is 35.8 Å². The highest BCUT2D eigenvalue weighted by Gasteiger charge is 2.16. The molecule has 0 aliphatic carbocycles. The summed E-state index contributed by atoms with van der Waals surface area (Å²) in [6, 6.07) is 8.30. The highest BCUT2D eigenvalue weighted by molar-refractivity contribution is 6.32. The van der Waals surface area contributed by atoms with Gasteiger partial charge in [-0.3, -0.25) is 9.30 Å². The first kappa shape index (κ1) is 20.5. The van der Waals surface area contributed by atoms with Gasteiger partial charge in [0.25, 0.3) is 0 Å². The molecule has 5 heterocycles. The fourth-order valence-corrected chi connectivity index (χ4v) is 4.24. The summed E-state index contributed by atoms with van der Waals surface area (Å²) in [5.74, 6) is 1.52. The van der Waals surface area contributed by atoms with Crippen LogP contribution in [0.4, 0.5) is 5.82 Å². The Bertz CT molecular complexity index is 1030. The number of imidazole rings is 1. The maximum absolute atomic E-state index is 6.54. The molecule has 0 aromatic carbocycles. The number of anilines is 1. The molecule has 0 amide bonds. The molecule has 2 fully saturated rings. The van der Waals surface area contributed by atoms with Gasteiger partial charge in [0.1, 0.15) is 23.8 Å². The van der Waals surface area contributed by atoms with Crippen LogP contribution in [0, 0.1) is 0 Å². The van der Waals surface area contributed by atoms with Crippen LogP contribution in [0.2, 0.25) is 5.02 Å². The van der Waals surface area contributed by atoms with Crippen LogP contribution in [0.3, 0.4) is 0 Å². The number of aromatic nitrogens is 3. The molecule has 9 heteroatoms. The quantitative estimate of drug-likeness (QED) is 0.582. The van der Waals surface area contributed by atoms with Gasteiger partial charge in [0.15, 0.2) is 0 Å². The fourth-order valence-electron chi connectivity index (χ4n) is 4.04. The maximum atomic E-state index is 6.54. The molecule has 2 aliphatic heterocycles. The van der Waals surface area contributed by atoms with Crippen LogP contribution in [-0.4, -0.2) is 77.9 Å². The number of nitrogens with one attached hydrogen (secondary N) is 2. The molecule has 3 aromatic heterocycles. The van der Waals surface area contributed by atoms with Crippen LogP contribution in [0.1, 0.15) is 6.42 Å². The van der Waals surface area contributed by atoms with Crippen LogP contribution >= 0.6 is 11.6 Å². The van der Waals surface area contributed by atoms with E-state index < -0.39 is 0 Å². The molecule has 164 valence electrons. The minimum Gasteiger partial charge on any atom is -0.490 e. The van der Waals surface area contributed by atoms with Crippen molar-refractivity contribution in [3.8, 4) is 17.1 Å². The smallest absolute Gasteiger partial charge is 0.143 e. The van der Waals surface area contributed by atoms with Gasteiger partial charge < -0.3 is 20.1 Å². The zero-order valence-electron chi connectivity index (χ0n) is 17.4. The van der Waals surface area contributed by atoms with Gasteiger partial charge in [-0.1, -0.05) is 17.7 Å². The molecular weight excluding hydrogens is 416 g/mol. The number of pyridine rings is 2. The number of rotatable bonds is 7. The third kappa shape index (κ3) is 4.77. The lowest BCUT2D eigenvalue weighted by Gasteiger charge is -2.26. The molecule has 2 N–H and O–H groups in total. The Kier molecular flexibility index (Phi) is 6.22. The molecule has 5 rings (SSSR count). The zero-order valence-corrected chi connectivity index (χ0v) is 18.1. The highest BCUT2D eigenvalue weighted by Crippen LogP contribution is 2.29. The van der Waals surface area contributed by atoms with Gasteiger partial charge in [-0.15, -0.1) is 0 Å². The summed E-state index contributed by atoms with van der Waals surface area (Å²) in [4.78, 5) is 11.7.